The van der Waals surface area contributed by atoms with Gasteiger partial charge in [-0.3, -0.25) is 14.7 Å². The number of nitrogens with two attached hydrogens (primary N) is 1. The number of nitrogens with zero attached hydrogens (tertiary/aromatic N) is 2. The van der Waals surface area contributed by atoms with Crippen LogP contribution in [0.1, 0.15) is 35.3 Å². The van der Waals surface area contributed by atoms with Crippen LogP contribution in [0.2, 0.25) is 0 Å². The van der Waals surface area contributed by atoms with E-state index < -0.39 is 5.91 Å². The van der Waals surface area contributed by atoms with Crippen molar-refractivity contribution in [1.82, 2.24) is 9.88 Å². The number of piperidine rings is 1. The number of pyridine rings is 1. The predicted octanol–water partition coefficient (Wildman–Crippen LogP) is 0.734. The highest BCUT2D eigenvalue weighted by molar-refractivity contribution is 5.90. The van der Waals surface area contributed by atoms with E-state index in [1.54, 1.807) is 12.3 Å². The Bertz CT molecular complexity index is 448. The number of aldehydes is 1. The first-order chi connectivity index (χ1) is 8.70. The number of hydrogen-bond acceptors (Lipinski definition) is 4. The highest BCUT2D eigenvalue weighted by Gasteiger charge is 2.21. The van der Waals surface area contributed by atoms with E-state index >= 15 is 0 Å². The number of aromatic nitrogens is 1. The van der Waals surface area contributed by atoms with Crippen molar-refractivity contribution in [1.29, 1.82) is 0 Å². The third-order valence-electron chi connectivity index (χ3n) is 3.28. The lowest BCUT2D eigenvalue weighted by molar-refractivity contribution is -0.113. The number of rotatable bonds is 4. The molecule has 2 rings (SSSR count). The summed E-state index contributed by atoms with van der Waals surface area (Å²) in [6.07, 6.45) is 5.71. The van der Waals surface area contributed by atoms with E-state index in [1.807, 2.05) is 6.07 Å². The normalized spacial score (nSPS) is 20.6. The van der Waals surface area contributed by atoms with E-state index in [1.165, 1.54) is 0 Å². The Morgan fingerprint density at radius 2 is 2.39 bits per heavy atom. The minimum atomic E-state index is -0.526. The second kappa shape index (κ2) is 5.73. The summed E-state index contributed by atoms with van der Waals surface area (Å²) < 4.78 is 0. The summed E-state index contributed by atoms with van der Waals surface area (Å²) in [4.78, 5) is 28.1. The molecule has 5 nitrogen and oxygen atoms in total. The van der Waals surface area contributed by atoms with Crippen LogP contribution in [0.3, 0.4) is 0 Å². The topological polar surface area (TPSA) is 76.3 Å². The molecule has 1 saturated heterocycles. The van der Waals surface area contributed by atoms with Gasteiger partial charge in [0.05, 0.1) is 6.04 Å². The third-order valence-corrected chi connectivity index (χ3v) is 3.28. The van der Waals surface area contributed by atoms with Gasteiger partial charge in [0.2, 0.25) is 0 Å². The standard InChI is InChI=1S/C13H17N3O2/c14-13(18)12-7-10(4-5-15-12)8-16-6-2-1-3-11(16)9-17/h4-5,7,9,11H,1-3,6,8H2,(H2,14,18). The fraction of sp³-hybridized carbons (Fsp3) is 0.462. The Morgan fingerprint density at radius 3 is 3.11 bits per heavy atom. The zero-order valence-corrected chi connectivity index (χ0v) is 10.2. The van der Waals surface area contributed by atoms with Crippen molar-refractivity contribution in [2.45, 2.75) is 31.8 Å². The van der Waals surface area contributed by atoms with Crippen molar-refractivity contribution < 1.29 is 9.59 Å². The van der Waals surface area contributed by atoms with Gasteiger partial charge in [0.1, 0.15) is 12.0 Å². The number of amides is 1. The van der Waals surface area contributed by atoms with Gasteiger partial charge < -0.3 is 10.5 Å². The van der Waals surface area contributed by atoms with Crippen LogP contribution in [0, 0.1) is 0 Å². The second-order valence-corrected chi connectivity index (χ2v) is 4.58. The Kier molecular flexibility index (Phi) is 4.04. The molecule has 1 unspecified atom stereocenters. The first-order valence-corrected chi connectivity index (χ1v) is 6.15. The highest BCUT2D eigenvalue weighted by atomic mass is 16.1. The molecule has 0 aliphatic carbocycles. The lowest BCUT2D eigenvalue weighted by Gasteiger charge is -2.32. The molecule has 2 heterocycles. The zero-order chi connectivity index (χ0) is 13.0. The molecule has 0 bridgehead atoms. The molecule has 1 aromatic heterocycles. The average Bonchev–Trinajstić information content (AvgIpc) is 2.39. The van der Waals surface area contributed by atoms with Gasteiger partial charge in [0.15, 0.2) is 0 Å². The predicted molar refractivity (Wildman–Crippen MR) is 66.9 cm³/mol. The smallest absolute Gasteiger partial charge is 0.267 e. The molecule has 1 aliphatic heterocycles. The van der Waals surface area contributed by atoms with Crippen LogP contribution >= 0.6 is 0 Å². The van der Waals surface area contributed by atoms with E-state index in [4.69, 9.17) is 5.73 Å². The molecular weight excluding hydrogens is 230 g/mol. The Balaban J connectivity index is 2.10. The molecule has 1 atom stereocenters. The van der Waals surface area contributed by atoms with Gasteiger partial charge in [0, 0.05) is 12.7 Å². The minimum Gasteiger partial charge on any atom is -0.364 e. The largest absolute Gasteiger partial charge is 0.364 e. The number of hydrogen-bond donors (Lipinski definition) is 1. The van der Waals surface area contributed by atoms with Crippen LogP contribution in [-0.4, -0.2) is 34.7 Å². The summed E-state index contributed by atoms with van der Waals surface area (Å²) in [6.45, 7) is 1.57. The van der Waals surface area contributed by atoms with E-state index in [9.17, 15) is 9.59 Å². The van der Waals surface area contributed by atoms with Crippen molar-refractivity contribution >= 4 is 12.2 Å². The number of carbonyl (C=O) groups excluding carboxylic acids is 2. The molecule has 1 amide bonds. The maximum Gasteiger partial charge on any atom is 0.267 e. The lowest BCUT2D eigenvalue weighted by Crippen LogP contribution is -2.39. The van der Waals surface area contributed by atoms with Gasteiger partial charge in [0.25, 0.3) is 5.91 Å². The molecule has 18 heavy (non-hydrogen) atoms. The summed E-state index contributed by atoms with van der Waals surface area (Å²) in [5.41, 5.74) is 6.43. The van der Waals surface area contributed by atoms with Gasteiger partial charge in [-0.1, -0.05) is 6.42 Å². The second-order valence-electron chi connectivity index (χ2n) is 4.58. The molecule has 0 saturated carbocycles. The third kappa shape index (κ3) is 2.92. The molecule has 1 fully saturated rings. The first kappa shape index (κ1) is 12.7. The molecule has 0 radical (unpaired) electrons. The van der Waals surface area contributed by atoms with Gasteiger partial charge in [-0.05, 0) is 37.1 Å². The Morgan fingerprint density at radius 1 is 1.56 bits per heavy atom. The lowest BCUT2D eigenvalue weighted by atomic mass is 10.0. The van der Waals surface area contributed by atoms with Crippen LogP contribution in [0.15, 0.2) is 18.3 Å². The monoisotopic (exact) mass is 247 g/mol. The maximum atomic E-state index is 11.1. The summed E-state index contributed by atoms with van der Waals surface area (Å²) in [5, 5.41) is 0. The van der Waals surface area contributed by atoms with Crippen molar-refractivity contribution in [3.8, 4) is 0 Å². The molecule has 0 aromatic carbocycles. The quantitative estimate of drug-likeness (QED) is 0.796. The van der Waals surface area contributed by atoms with Gasteiger partial charge in [-0.15, -0.1) is 0 Å². The molecular formula is C13H17N3O2. The van der Waals surface area contributed by atoms with Crippen LogP contribution in [0.25, 0.3) is 0 Å². The fourth-order valence-corrected chi connectivity index (χ4v) is 2.31. The van der Waals surface area contributed by atoms with Gasteiger partial charge in [-0.2, -0.15) is 0 Å². The summed E-state index contributed by atoms with van der Waals surface area (Å²) in [7, 11) is 0. The Hall–Kier alpha value is -1.75. The highest BCUT2D eigenvalue weighted by Crippen LogP contribution is 2.18. The van der Waals surface area contributed by atoms with Crippen molar-refractivity contribution in [3.63, 3.8) is 0 Å². The number of likely N-dealkylation sites (tertiary alicyclic amines) is 1. The fourth-order valence-electron chi connectivity index (χ4n) is 2.31. The molecule has 1 aliphatic rings. The van der Waals surface area contributed by atoms with E-state index in [2.05, 4.69) is 9.88 Å². The number of primary amides is 1. The van der Waals surface area contributed by atoms with Crippen molar-refractivity contribution in [2.75, 3.05) is 6.54 Å². The van der Waals surface area contributed by atoms with Gasteiger partial charge in [-0.25, -0.2) is 0 Å². The molecule has 5 heteroatoms. The Labute approximate surface area is 106 Å². The first-order valence-electron chi connectivity index (χ1n) is 6.15. The SMILES string of the molecule is NC(=O)c1cc(CN2CCCCC2C=O)ccn1. The summed E-state index contributed by atoms with van der Waals surface area (Å²) in [5.74, 6) is -0.526. The zero-order valence-electron chi connectivity index (χ0n) is 10.2. The van der Waals surface area contributed by atoms with Crippen molar-refractivity contribution in [2.24, 2.45) is 5.73 Å². The summed E-state index contributed by atoms with van der Waals surface area (Å²) >= 11 is 0. The maximum absolute atomic E-state index is 11.1. The van der Waals surface area contributed by atoms with E-state index in [0.717, 1.165) is 37.7 Å². The van der Waals surface area contributed by atoms with Crippen LogP contribution in [0.4, 0.5) is 0 Å². The van der Waals surface area contributed by atoms with E-state index in [-0.39, 0.29) is 11.7 Å². The van der Waals surface area contributed by atoms with Crippen LogP contribution < -0.4 is 5.73 Å². The van der Waals surface area contributed by atoms with E-state index in [0.29, 0.717) is 6.54 Å². The molecule has 0 spiro atoms. The molecule has 96 valence electrons. The molecule has 2 N–H and O–H groups in total. The van der Waals surface area contributed by atoms with Crippen LogP contribution in [-0.2, 0) is 11.3 Å². The summed E-state index contributed by atoms with van der Waals surface area (Å²) in [6, 6.07) is 3.53. The van der Waals surface area contributed by atoms with Crippen LogP contribution in [0.5, 0.6) is 0 Å². The molecule has 1 aromatic rings. The average molecular weight is 247 g/mol. The van der Waals surface area contributed by atoms with Crippen molar-refractivity contribution in [3.05, 3.63) is 29.6 Å². The van der Waals surface area contributed by atoms with Gasteiger partial charge >= 0.3 is 0 Å². The minimum absolute atomic E-state index is 0.0102. The number of carbonyl (C=O) groups is 2.